The van der Waals surface area contributed by atoms with Crippen LogP contribution in [0.5, 0.6) is 11.5 Å². The largest absolute Gasteiger partial charge is 0.493 e. The summed E-state index contributed by atoms with van der Waals surface area (Å²) in [6, 6.07) is 5.61. The van der Waals surface area contributed by atoms with Crippen LogP contribution in [-0.2, 0) is 16.1 Å². The monoisotopic (exact) mass is 400 g/mol. The van der Waals surface area contributed by atoms with Crippen molar-refractivity contribution in [2.75, 3.05) is 40.4 Å². The molecule has 2 rings (SSSR count). The first-order valence-electron chi connectivity index (χ1n) is 8.92. The minimum atomic E-state index is -0.778. The van der Waals surface area contributed by atoms with Gasteiger partial charge in [0, 0.05) is 19.6 Å². The predicted molar refractivity (Wildman–Crippen MR) is 105 cm³/mol. The van der Waals surface area contributed by atoms with E-state index in [-0.39, 0.29) is 30.8 Å². The molecule has 1 aromatic rings. The molecular formula is C19H29ClN2O5. The number of hydrogen-bond donors (Lipinski definition) is 1. The number of benzene rings is 1. The molecule has 1 aliphatic heterocycles. The number of carbonyl (C=O) groups is 2. The molecule has 1 aliphatic rings. The Labute approximate surface area is 166 Å². The smallest absolute Gasteiger partial charge is 0.307 e. The van der Waals surface area contributed by atoms with E-state index in [1.165, 1.54) is 0 Å². The standard InChI is InChI=1S/C19H28N2O5.ClH/c1-4-21(11-14-7-8-16(25-2)17(10-14)26-3)18(22)13-20-9-5-6-15(12-20)19(23)24;/h7-8,10,15H,4-6,9,11-13H2,1-3H3,(H,23,24);1H. The van der Waals surface area contributed by atoms with Gasteiger partial charge >= 0.3 is 5.97 Å². The molecule has 0 radical (unpaired) electrons. The molecule has 1 N–H and O–H groups in total. The molecule has 27 heavy (non-hydrogen) atoms. The number of carbonyl (C=O) groups excluding carboxylic acids is 1. The molecule has 1 unspecified atom stereocenters. The molecule has 0 aromatic heterocycles. The predicted octanol–water partition coefficient (Wildman–Crippen LogP) is 2.27. The van der Waals surface area contributed by atoms with Crippen LogP contribution in [0.1, 0.15) is 25.3 Å². The third kappa shape index (κ3) is 6.29. The lowest BCUT2D eigenvalue weighted by Crippen LogP contribution is -2.45. The van der Waals surface area contributed by atoms with Gasteiger partial charge in [-0.25, -0.2) is 0 Å². The number of ether oxygens (including phenoxy) is 2. The fourth-order valence-corrected chi connectivity index (χ4v) is 3.27. The number of carboxylic acids is 1. The van der Waals surface area contributed by atoms with Crippen molar-refractivity contribution in [2.45, 2.75) is 26.3 Å². The Hall–Kier alpha value is -1.99. The summed E-state index contributed by atoms with van der Waals surface area (Å²) in [4.78, 5) is 27.6. The van der Waals surface area contributed by atoms with Crippen molar-refractivity contribution >= 4 is 24.3 Å². The molecule has 152 valence electrons. The number of methoxy groups -OCH3 is 2. The first-order valence-corrected chi connectivity index (χ1v) is 8.92. The summed E-state index contributed by atoms with van der Waals surface area (Å²) in [5, 5.41) is 9.19. The third-order valence-corrected chi connectivity index (χ3v) is 4.77. The second-order valence-corrected chi connectivity index (χ2v) is 6.51. The Morgan fingerprint density at radius 1 is 1.26 bits per heavy atom. The van der Waals surface area contributed by atoms with Crippen LogP contribution in [0.25, 0.3) is 0 Å². The van der Waals surface area contributed by atoms with E-state index in [1.807, 2.05) is 30.0 Å². The number of rotatable bonds is 8. The molecule has 1 aromatic carbocycles. The molecule has 0 saturated carbocycles. The summed E-state index contributed by atoms with van der Waals surface area (Å²) in [6.07, 6.45) is 1.50. The molecule has 1 amide bonds. The Morgan fingerprint density at radius 2 is 1.96 bits per heavy atom. The minimum absolute atomic E-state index is 0. The molecule has 1 fully saturated rings. The van der Waals surface area contributed by atoms with Gasteiger partial charge in [-0.1, -0.05) is 6.07 Å². The second kappa shape index (κ2) is 11.0. The van der Waals surface area contributed by atoms with Crippen molar-refractivity contribution in [3.63, 3.8) is 0 Å². The zero-order chi connectivity index (χ0) is 19.1. The average Bonchev–Trinajstić information content (AvgIpc) is 2.65. The van der Waals surface area contributed by atoms with Crippen molar-refractivity contribution in [3.05, 3.63) is 23.8 Å². The number of likely N-dealkylation sites (tertiary alicyclic amines) is 1. The Balaban J connectivity index is 0.00000364. The Morgan fingerprint density at radius 3 is 2.56 bits per heavy atom. The van der Waals surface area contributed by atoms with Gasteiger partial charge in [0.05, 0.1) is 26.7 Å². The van der Waals surface area contributed by atoms with E-state index in [0.29, 0.717) is 37.6 Å². The first kappa shape index (κ1) is 23.0. The van der Waals surface area contributed by atoms with Crippen LogP contribution in [-0.4, -0.2) is 67.2 Å². The molecule has 0 bridgehead atoms. The van der Waals surface area contributed by atoms with Crippen LogP contribution in [0.2, 0.25) is 0 Å². The third-order valence-electron chi connectivity index (χ3n) is 4.77. The fraction of sp³-hybridized carbons (Fsp3) is 0.579. The number of nitrogens with zero attached hydrogens (tertiary/aromatic N) is 2. The molecule has 7 nitrogen and oxygen atoms in total. The van der Waals surface area contributed by atoms with Gasteiger partial charge in [-0.05, 0) is 44.0 Å². The summed E-state index contributed by atoms with van der Waals surface area (Å²) in [5.41, 5.74) is 0.958. The van der Waals surface area contributed by atoms with Crippen LogP contribution in [0.4, 0.5) is 0 Å². The Kier molecular flexibility index (Phi) is 9.38. The topological polar surface area (TPSA) is 79.3 Å². The van der Waals surface area contributed by atoms with Crippen molar-refractivity contribution in [1.29, 1.82) is 0 Å². The maximum absolute atomic E-state index is 12.7. The van der Waals surface area contributed by atoms with E-state index in [0.717, 1.165) is 18.5 Å². The molecule has 1 saturated heterocycles. The normalized spacial score (nSPS) is 16.9. The number of hydrogen-bond acceptors (Lipinski definition) is 5. The average molecular weight is 401 g/mol. The van der Waals surface area contributed by atoms with Crippen LogP contribution in [0.15, 0.2) is 18.2 Å². The lowest BCUT2D eigenvalue weighted by Gasteiger charge is -2.32. The van der Waals surface area contributed by atoms with Gasteiger partial charge < -0.3 is 19.5 Å². The van der Waals surface area contributed by atoms with E-state index < -0.39 is 5.97 Å². The minimum Gasteiger partial charge on any atom is -0.493 e. The zero-order valence-corrected chi connectivity index (χ0v) is 17.0. The zero-order valence-electron chi connectivity index (χ0n) is 16.1. The van der Waals surface area contributed by atoms with Crippen molar-refractivity contribution < 1.29 is 24.2 Å². The van der Waals surface area contributed by atoms with E-state index in [4.69, 9.17) is 9.47 Å². The maximum atomic E-state index is 12.7. The highest BCUT2D eigenvalue weighted by Gasteiger charge is 2.27. The number of halogens is 1. The van der Waals surface area contributed by atoms with Crippen LogP contribution >= 0.6 is 12.4 Å². The highest BCUT2D eigenvalue weighted by Crippen LogP contribution is 2.28. The van der Waals surface area contributed by atoms with Crippen LogP contribution < -0.4 is 9.47 Å². The van der Waals surface area contributed by atoms with Gasteiger partial charge in [0.15, 0.2) is 11.5 Å². The molecule has 0 aliphatic carbocycles. The summed E-state index contributed by atoms with van der Waals surface area (Å²) >= 11 is 0. The molecular weight excluding hydrogens is 372 g/mol. The molecule has 1 heterocycles. The summed E-state index contributed by atoms with van der Waals surface area (Å²) < 4.78 is 10.6. The summed E-state index contributed by atoms with van der Waals surface area (Å²) in [7, 11) is 3.17. The van der Waals surface area contributed by atoms with Crippen molar-refractivity contribution in [1.82, 2.24) is 9.80 Å². The number of carboxylic acid groups (broad SMARTS) is 1. The second-order valence-electron chi connectivity index (χ2n) is 6.51. The highest BCUT2D eigenvalue weighted by molar-refractivity contribution is 5.85. The number of likely N-dealkylation sites (N-methyl/N-ethyl adjacent to an activating group) is 1. The lowest BCUT2D eigenvalue weighted by atomic mass is 9.98. The van der Waals surface area contributed by atoms with Gasteiger partial charge in [0.2, 0.25) is 5.91 Å². The van der Waals surface area contributed by atoms with Gasteiger partial charge in [0.25, 0.3) is 0 Å². The highest BCUT2D eigenvalue weighted by atomic mass is 35.5. The Bertz CT molecular complexity index is 641. The van der Waals surface area contributed by atoms with E-state index in [1.54, 1.807) is 19.1 Å². The lowest BCUT2D eigenvalue weighted by molar-refractivity contribution is -0.145. The van der Waals surface area contributed by atoms with Crippen LogP contribution in [0, 0.1) is 5.92 Å². The number of aliphatic carboxylic acids is 1. The number of piperidine rings is 1. The van der Waals surface area contributed by atoms with E-state index in [2.05, 4.69) is 0 Å². The maximum Gasteiger partial charge on any atom is 0.307 e. The van der Waals surface area contributed by atoms with Gasteiger partial charge in [-0.3, -0.25) is 14.5 Å². The molecule has 0 spiro atoms. The van der Waals surface area contributed by atoms with Crippen LogP contribution in [0.3, 0.4) is 0 Å². The van der Waals surface area contributed by atoms with Gasteiger partial charge in [-0.15, -0.1) is 12.4 Å². The van der Waals surface area contributed by atoms with Crippen molar-refractivity contribution in [3.8, 4) is 11.5 Å². The van der Waals surface area contributed by atoms with Gasteiger partial charge in [-0.2, -0.15) is 0 Å². The van der Waals surface area contributed by atoms with E-state index >= 15 is 0 Å². The summed E-state index contributed by atoms with van der Waals surface area (Å²) in [6.45, 7) is 4.47. The SMILES string of the molecule is CCN(Cc1ccc(OC)c(OC)c1)C(=O)CN1CCCC(C(=O)O)C1.Cl. The van der Waals surface area contributed by atoms with Crippen molar-refractivity contribution in [2.24, 2.45) is 5.92 Å². The fourth-order valence-electron chi connectivity index (χ4n) is 3.27. The molecule has 1 atom stereocenters. The number of amides is 1. The molecule has 8 heteroatoms. The van der Waals surface area contributed by atoms with Gasteiger partial charge in [0.1, 0.15) is 0 Å². The first-order chi connectivity index (χ1) is 12.5. The quantitative estimate of drug-likeness (QED) is 0.721. The van der Waals surface area contributed by atoms with E-state index in [9.17, 15) is 14.7 Å². The summed E-state index contributed by atoms with van der Waals surface area (Å²) in [5.74, 6) is 0.137.